The van der Waals surface area contributed by atoms with Gasteiger partial charge in [-0.2, -0.15) is 16.8 Å². The maximum Gasteiger partial charge on any atom is 0.295 e. The van der Waals surface area contributed by atoms with E-state index in [1.165, 1.54) is 12.1 Å². The smallest absolute Gasteiger partial charge is 0.295 e. The van der Waals surface area contributed by atoms with E-state index in [0.29, 0.717) is 21.9 Å². The summed E-state index contributed by atoms with van der Waals surface area (Å²) in [5, 5.41) is 18.2. The van der Waals surface area contributed by atoms with Gasteiger partial charge in [0, 0.05) is 21.5 Å². The Kier molecular flexibility index (Phi) is 8.63. The van der Waals surface area contributed by atoms with Crippen molar-refractivity contribution in [3.63, 3.8) is 0 Å². The molecule has 0 aliphatic heterocycles. The van der Waals surface area contributed by atoms with Crippen molar-refractivity contribution in [2.45, 2.75) is 9.79 Å². The third kappa shape index (κ3) is 6.44. The number of nitrogen functional groups attached to an aromatic ring is 2. The first kappa shape index (κ1) is 33.0. The molecule has 0 aliphatic rings. The van der Waals surface area contributed by atoms with Crippen molar-refractivity contribution in [1.29, 1.82) is 0 Å². The van der Waals surface area contributed by atoms with E-state index in [1.54, 1.807) is 72.8 Å². The summed E-state index contributed by atoms with van der Waals surface area (Å²) in [4.78, 5) is -0.711. The van der Waals surface area contributed by atoms with Crippen LogP contribution >= 0.6 is 23.2 Å². The molecule has 0 heterocycles. The van der Waals surface area contributed by atoms with Crippen LogP contribution in [0.1, 0.15) is 0 Å². The van der Waals surface area contributed by atoms with E-state index in [2.05, 4.69) is 20.5 Å². The molecule has 6 rings (SSSR count). The predicted octanol–water partition coefficient (Wildman–Crippen LogP) is 9.46. The number of fused-ring (bicyclic) bond motifs is 2. The number of benzene rings is 6. The molecule has 242 valence electrons. The van der Waals surface area contributed by atoms with Gasteiger partial charge in [0.05, 0.1) is 21.4 Å². The molecule has 0 unspecified atom stereocenters. The van der Waals surface area contributed by atoms with Crippen molar-refractivity contribution in [3.05, 3.63) is 107 Å². The van der Waals surface area contributed by atoms with E-state index in [1.807, 2.05) is 0 Å². The van der Waals surface area contributed by atoms with Gasteiger partial charge in [-0.15, -0.1) is 20.5 Å². The second-order valence-corrected chi connectivity index (χ2v) is 14.0. The molecule has 0 atom stereocenters. The van der Waals surface area contributed by atoms with Crippen LogP contribution in [0.15, 0.2) is 127 Å². The quantitative estimate of drug-likeness (QED) is 0.0706. The summed E-state index contributed by atoms with van der Waals surface area (Å²) < 4.78 is 67.6. The van der Waals surface area contributed by atoms with Crippen LogP contribution in [0.5, 0.6) is 0 Å². The zero-order valence-electron chi connectivity index (χ0n) is 24.3. The van der Waals surface area contributed by atoms with E-state index >= 15 is 0 Å². The molecule has 6 N–H and O–H groups in total. The molecule has 0 saturated carbocycles. The Hall–Kier alpha value is -4.96. The van der Waals surface area contributed by atoms with Gasteiger partial charge >= 0.3 is 0 Å². The zero-order chi connectivity index (χ0) is 34.4. The molecule has 16 heteroatoms. The predicted molar refractivity (Wildman–Crippen MR) is 187 cm³/mol. The van der Waals surface area contributed by atoms with Crippen molar-refractivity contribution in [3.8, 4) is 11.1 Å². The van der Waals surface area contributed by atoms with Crippen molar-refractivity contribution in [2.24, 2.45) is 20.5 Å². The van der Waals surface area contributed by atoms with Gasteiger partial charge in [-0.3, -0.25) is 9.11 Å². The van der Waals surface area contributed by atoms with Crippen LogP contribution in [-0.2, 0) is 20.2 Å². The number of hydrogen-bond acceptors (Lipinski definition) is 10. The summed E-state index contributed by atoms with van der Waals surface area (Å²) in [6.07, 6.45) is 0. The lowest BCUT2D eigenvalue weighted by atomic mass is 10.0. The Morgan fingerprint density at radius 3 is 1.15 bits per heavy atom. The lowest BCUT2D eigenvalue weighted by Crippen LogP contribution is -2.01. The molecule has 0 spiro atoms. The molecule has 12 nitrogen and oxygen atoms in total. The molecule has 0 radical (unpaired) electrons. The molecular formula is C32H22Cl2N6O6S2. The topological polar surface area (TPSA) is 210 Å². The van der Waals surface area contributed by atoms with Gasteiger partial charge in [0.1, 0.15) is 32.5 Å². The van der Waals surface area contributed by atoms with Crippen LogP contribution in [0.4, 0.5) is 34.1 Å². The highest BCUT2D eigenvalue weighted by molar-refractivity contribution is 7.86. The highest BCUT2D eigenvalue weighted by atomic mass is 35.5. The number of halogens is 2. The van der Waals surface area contributed by atoms with E-state index < -0.39 is 20.2 Å². The molecular weight excluding hydrogens is 699 g/mol. The monoisotopic (exact) mass is 720 g/mol. The first-order valence-electron chi connectivity index (χ1n) is 13.7. The summed E-state index contributed by atoms with van der Waals surface area (Å²) in [5.41, 5.74) is 14.7. The molecule has 6 aromatic carbocycles. The average molecular weight is 722 g/mol. The largest absolute Gasteiger partial charge is 0.396 e. The second kappa shape index (κ2) is 12.6. The first-order chi connectivity index (χ1) is 22.7. The SMILES string of the molecule is Nc1c(/N=N/c2ccc(-c3ccc(/N=N/c4cc(S(=O)(=O)O)c5ccccc5c4N)c(Cl)c3)cc2Cl)cc(S(=O)(=O)O)c2ccccc12. The Morgan fingerprint density at radius 1 is 0.479 bits per heavy atom. The molecule has 0 amide bonds. The van der Waals surface area contributed by atoms with E-state index in [-0.39, 0.29) is 64.7 Å². The zero-order valence-corrected chi connectivity index (χ0v) is 27.4. The molecule has 0 aromatic heterocycles. The number of hydrogen-bond donors (Lipinski definition) is 4. The minimum Gasteiger partial charge on any atom is -0.396 e. The fourth-order valence-corrected chi connectivity index (χ4v) is 6.91. The summed E-state index contributed by atoms with van der Waals surface area (Å²) in [6.45, 7) is 0. The van der Waals surface area contributed by atoms with Gasteiger partial charge in [0.15, 0.2) is 0 Å². The van der Waals surface area contributed by atoms with Crippen LogP contribution in [0.2, 0.25) is 10.0 Å². The van der Waals surface area contributed by atoms with Crippen LogP contribution < -0.4 is 11.5 Å². The summed E-state index contributed by atoms with van der Waals surface area (Å²) in [6, 6.07) is 25.0. The average Bonchev–Trinajstić information content (AvgIpc) is 3.04. The first-order valence-corrected chi connectivity index (χ1v) is 17.4. The number of azo groups is 2. The lowest BCUT2D eigenvalue weighted by molar-refractivity contribution is 0.482. The molecule has 48 heavy (non-hydrogen) atoms. The highest BCUT2D eigenvalue weighted by Crippen LogP contribution is 2.40. The third-order valence-electron chi connectivity index (χ3n) is 7.37. The molecule has 6 aromatic rings. The Balaban J connectivity index is 1.28. The molecule has 0 bridgehead atoms. The van der Waals surface area contributed by atoms with Crippen molar-refractivity contribution in [1.82, 2.24) is 0 Å². The van der Waals surface area contributed by atoms with Crippen LogP contribution in [0.25, 0.3) is 32.7 Å². The van der Waals surface area contributed by atoms with Crippen molar-refractivity contribution in [2.75, 3.05) is 11.5 Å². The van der Waals surface area contributed by atoms with Crippen LogP contribution in [0, 0.1) is 0 Å². The lowest BCUT2D eigenvalue weighted by Gasteiger charge is -2.10. The third-order valence-corrected chi connectivity index (χ3v) is 9.76. The van der Waals surface area contributed by atoms with Gasteiger partial charge in [0.25, 0.3) is 20.2 Å². The molecule has 0 saturated heterocycles. The van der Waals surface area contributed by atoms with E-state index in [4.69, 9.17) is 34.7 Å². The summed E-state index contributed by atoms with van der Waals surface area (Å²) in [7, 11) is -9.16. The Morgan fingerprint density at radius 2 is 0.812 bits per heavy atom. The minimum atomic E-state index is -4.58. The fourth-order valence-electron chi connectivity index (χ4n) is 5.04. The van der Waals surface area contributed by atoms with Gasteiger partial charge in [-0.05, 0) is 47.5 Å². The van der Waals surface area contributed by atoms with Gasteiger partial charge in [0.2, 0.25) is 0 Å². The van der Waals surface area contributed by atoms with Crippen LogP contribution in [-0.4, -0.2) is 25.9 Å². The minimum absolute atomic E-state index is 0.0256. The maximum atomic E-state index is 12.0. The highest BCUT2D eigenvalue weighted by Gasteiger charge is 2.20. The van der Waals surface area contributed by atoms with Gasteiger partial charge in [-0.25, -0.2) is 0 Å². The Labute approximate surface area is 283 Å². The normalized spacial score (nSPS) is 12.5. The Bertz CT molecular complexity index is 2400. The molecule has 0 fully saturated rings. The maximum absolute atomic E-state index is 12.0. The molecule has 0 aliphatic carbocycles. The summed E-state index contributed by atoms with van der Waals surface area (Å²) >= 11 is 13.0. The fraction of sp³-hybridized carbons (Fsp3) is 0. The number of nitrogens with two attached hydrogens (primary N) is 2. The summed E-state index contributed by atoms with van der Waals surface area (Å²) in [5.74, 6) is 0. The van der Waals surface area contributed by atoms with Crippen LogP contribution in [0.3, 0.4) is 0 Å². The standard InChI is InChI=1S/C32H22Cl2N6O6S2/c33-23-13-17(9-11-25(23)37-39-27-15-29(47(41,42)43)19-5-1-3-7-21(19)31(27)35)18-10-12-26(24(34)14-18)38-40-28-16-30(48(44,45)46)20-6-2-4-8-22(20)32(28)36/h1-16H,35-36H2,(H,41,42,43)(H,44,45,46)/b39-37+,40-38+. The van der Waals surface area contributed by atoms with Crippen molar-refractivity contribution < 1.29 is 25.9 Å². The van der Waals surface area contributed by atoms with Gasteiger partial charge < -0.3 is 11.5 Å². The second-order valence-electron chi connectivity index (χ2n) is 10.4. The number of rotatable bonds is 7. The number of nitrogens with zero attached hydrogens (tertiary/aromatic N) is 4. The van der Waals surface area contributed by atoms with E-state index in [0.717, 1.165) is 12.1 Å². The number of anilines is 2. The van der Waals surface area contributed by atoms with E-state index in [9.17, 15) is 25.9 Å². The van der Waals surface area contributed by atoms with Gasteiger partial charge in [-0.1, -0.05) is 83.9 Å². The van der Waals surface area contributed by atoms with Crippen molar-refractivity contribution >= 4 is 99.1 Å².